The Kier molecular flexibility index (Phi) is 3.83. The normalized spacial score (nSPS) is 11.4. The summed E-state index contributed by atoms with van der Waals surface area (Å²) in [4.78, 5) is 15.1. The third-order valence-electron chi connectivity index (χ3n) is 3.10. The standard InChI is InChI=1S/C15H9Cl2N3O2/c16-12-3-2-10-11(8-6-18-19-7-8)5-9(1-4-13(21)22)20-15(10)14(12)17/h1-7H,(H,18,19)(H,21,22). The van der Waals surface area contributed by atoms with E-state index in [0.29, 0.717) is 21.3 Å². The predicted molar refractivity (Wildman–Crippen MR) is 86.0 cm³/mol. The van der Waals surface area contributed by atoms with E-state index in [1.54, 1.807) is 24.5 Å². The first-order valence-corrected chi connectivity index (χ1v) is 7.01. The number of benzene rings is 1. The van der Waals surface area contributed by atoms with Gasteiger partial charge in [0.15, 0.2) is 0 Å². The highest BCUT2D eigenvalue weighted by atomic mass is 35.5. The molecule has 0 aliphatic carbocycles. The molecule has 0 spiro atoms. The minimum Gasteiger partial charge on any atom is -0.478 e. The van der Waals surface area contributed by atoms with Crippen molar-refractivity contribution in [3.63, 3.8) is 0 Å². The van der Waals surface area contributed by atoms with E-state index in [1.165, 1.54) is 6.08 Å². The van der Waals surface area contributed by atoms with Crippen LogP contribution in [0.4, 0.5) is 0 Å². The molecule has 0 radical (unpaired) electrons. The topological polar surface area (TPSA) is 78.9 Å². The average Bonchev–Trinajstić information content (AvgIpc) is 3.02. The number of H-pyrrole nitrogens is 1. The lowest BCUT2D eigenvalue weighted by molar-refractivity contribution is -0.131. The maximum atomic E-state index is 10.7. The summed E-state index contributed by atoms with van der Waals surface area (Å²) in [5, 5.41) is 17.0. The average molecular weight is 334 g/mol. The van der Waals surface area contributed by atoms with Crippen LogP contribution >= 0.6 is 23.2 Å². The molecule has 2 N–H and O–H groups in total. The van der Waals surface area contributed by atoms with Crippen molar-refractivity contribution in [2.24, 2.45) is 0 Å². The van der Waals surface area contributed by atoms with Gasteiger partial charge in [-0.2, -0.15) is 5.10 Å². The van der Waals surface area contributed by atoms with Crippen LogP contribution in [0.3, 0.4) is 0 Å². The van der Waals surface area contributed by atoms with E-state index in [0.717, 1.165) is 22.6 Å². The fourth-order valence-corrected chi connectivity index (χ4v) is 2.49. The molecule has 0 aliphatic heterocycles. The Balaban J connectivity index is 2.32. The molecule has 0 amide bonds. The van der Waals surface area contributed by atoms with Crippen LogP contribution in [-0.2, 0) is 4.79 Å². The Labute approximate surface area is 135 Å². The van der Waals surface area contributed by atoms with E-state index in [2.05, 4.69) is 15.2 Å². The van der Waals surface area contributed by atoms with Crippen molar-refractivity contribution in [2.75, 3.05) is 0 Å². The first-order valence-electron chi connectivity index (χ1n) is 6.25. The molecular weight excluding hydrogens is 325 g/mol. The number of pyridine rings is 1. The van der Waals surface area contributed by atoms with E-state index in [4.69, 9.17) is 28.3 Å². The van der Waals surface area contributed by atoms with E-state index in [1.807, 2.05) is 6.07 Å². The third-order valence-corrected chi connectivity index (χ3v) is 3.89. The maximum absolute atomic E-state index is 10.7. The lowest BCUT2D eigenvalue weighted by atomic mass is 10.0. The van der Waals surface area contributed by atoms with Crippen LogP contribution in [0.15, 0.2) is 36.7 Å². The predicted octanol–water partition coefficient (Wildman–Crippen LogP) is 4.03. The molecule has 22 heavy (non-hydrogen) atoms. The van der Waals surface area contributed by atoms with Gasteiger partial charge in [-0.15, -0.1) is 0 Å². The number of carboxylic acids is 1. The van der Waals surface area contributed by atoms with Crippen molar-refractivity contribution in [2.45, 2.75) is 0 Å². The van der Waals surface area contributed by atoms with Gasteiger partial charge in [0.05, 0.1) is 27.5 Å². The van der Waals surface area contributed by atoms with Crippen molar-refractivity contribution >= 4 is 46.2 Å². The first kappa shape index (κ1) is 14.6. The van der Waals surface area contributed by atoms with Crippen LogP contribution in [0.2, 0.25) is 10.0 Å². The van der Waals surface area contributed by atoms with E-state index in [9.17, 15) is 4.79 Å². The fourth-order valence-electron chi connectivity index (χ4n) is 2.13. The minimum absolute atomic E-state index is 0.328. The molecule has 0 fully saturated rings. The molecule has 0 aliphatic rings. The molecule has 0 atom stereocenters. The second kappa shape index (κ2) is 5.79. The van der Waals surface area contributed by atoms with Gasteiger partial charge in [0.2, 0.25) is 0 Å². The number of hydrogen-bond donors (Lipinski definition) is 2. The van der Waals surface area contributed by atoms with Gasteiger partial charge in [-0.05, 0) is 23.8 Å². The molecule has 2 heterocycles. The van der Waals surface area contributed by atoms with E-state index >= 15 is 0 Å². The van der Waals surface area contributed by atoms with Gasteiger partial charge in [0.25, 0.3) is 0 Å². The number of fused-ring (bicyclic) bond motifs is 1. The second-order valence-corrected chi connectivity index (χ2v) is 5.30. The van der Waals surface area contributed by atoms with Gasteiger partial charge >= 0.3 is 5.97 Å². The number of carbonyl (C=O) groups is 1. The summed E-state index contributed by atoms with van der Waals surface area (Å²) < 4.78 is 0. The summed E-state index contributed by atoms with van der Waals surface area (Å²) in [7, 11) is 0. The Morgan fingerprint density at radius 3 is 2.82 bits per heavy atom. The van der Waals surface area contributed by atoms with Crippen LogP contribution in [0.1, 0.15) is 5.69 Å². The third kappa shape index (κ3) is 2.68. The zero-order valence-corrected chi connectivity index (χ0v) is 12.6. The zero-order valence-electron chi connectivity index (χ0n) is 11.0. The van der Waals surface area contributed by atoms with Crippen molar-refractivity contribution in [3.05, 3.63) is 52.4 Å². The lowest BCUT2D eigenvalue weighted by Crippen LogP contribution is -1.91. The SMILES string of the molecule is O=C(O)C=Cc1cc(-c2cn[nH]c2)c2ccc(Cl)c(Cl)c2n1. The van der Waals surface area contributed by atoms with E-state index in [-0.39, 0.29) is 0 Å². The van der Waals surface area contributed by atoms with Crippen molar-refractivity contribution in [3.8, 4) is 11.1 Å². The summed E-state index contributed by atoms with van der Waals surface area (Å²) in [5.41, 5.74) is 2.66. The number of aromatic amines is 1. The number of halogens is 2. The van der Waals surface area contributed by atoms with Crippen molar-refractivity contribution in [1.29, 1.82) is 0 Å². The number of carboxylic acid groups (broad SMARTS) is 1. The van der Waals surface area contributed by atoms with Crippen molar-refractivity contribution < 1.29 is 9.90 Å². The highest BCUT2D eigenvalue weighted by molar-refractivity contribution is 6.45. The van der Waals surface area contributed by atoms with Gasteiger partial charge in [0, 0.05) is 23.2 Å². The molecule has 3 aromatic rings. The number of hydrogen-bond acceptors (Lipinski definition) is 3. The molecule has 110 valence electrons. The fraction of sp³-hybridized carbons (Fsp3) is 0. The molecule has 0 saturated heterocycles. The van der Waals surface area contributed by atoms with Gasteiger partial charge < -0.3 is 5.11 Å². The van der Waals surface area contributed by atoms with Crippen LogP contribution in [-0.4, -0.2) is 26.3 Å². The zero-order chi connectivity index (χ0) is 15.7. The van der Waals surface area contributed by atoms with Gasteiger partial charge in [-0.3, -0.25) is 5.10 Å². The minimum atomic E-state index is -1.05. The van der Waals surface area contributed by atoms with Crippen LogP contribution in [0.5, 0.6) is 0 Å². The molecule has 3 rings (SSSR count). The molecular formula is C15H9Cl2N3O2. The number of nitrogens with zero attached hydrogens (tertiary/aromatic N) is 2. The highest BCUT2D eigenvalue weighted by Gasteiger charge is 2.12. The van der Waals surface area contributed by atoms with E-state index < -0.39 is 5.97 Å². The molecule has 0 bridgehead atoms. The number of aliphatic carboxylic acids is 1. The number of rotatable bonds is 3. The van der Waals surface area contributed by atoms with Crippen LogP contribution < -0.4 is 0 Å². The van der Waals surface area contributed by atoms with Crippen LogP contribution in [0.25, 0.3) is 28.1 Å². The quantitative estimate of drug-likeness (QED) is 0.709. The largest absolute Gasteiger partial charge is 0.478 e. The van der Waals surface area contributed by atoms with Gasteiger partial charge in [0.1, 0.15) is 0 Å². The van der Waals surface area contributed by atoms with Gasteiger partial charge in [-0.25, -0.2) is 9.78 Å². The van der Waals surface area contributed by atoms with Gasteiger partial charge in [-0.1, -0.05) is 29.3 Å². The molecule has 7 heteroatoms. The summed E-state index contributed by atoms with van der Waals surface area (Å²) in [6.45, 7) is 0. The Hall–Kier alpha value is -2.37. The van der Waals surface area contributed by atoms with Crippen LogP contribution in [0, 0.1) is 0 Å². The molecule has 2 aromatic heterocycles. The Morgan fingerprint density at radius 2 is 2.14 bits per heavy atom. The lowest BCUT2D eigenvalue weighted by Gasteiger charge is -2.08. The molecule has 0 saturated carbocycles. The Bertz CT molecular complexity index is 889. The van der Waals surface area contributed by atoms with Crippen molar-refractivity contribution in [1.82, 2.24) is 15.2 Å². The first-order chi connectivity index (χ1) is 10.6. The monoisotopic (exact) mass is 333 g/mol. The summed E-state index contributed by atoms with van der Waals surface area (Å²) >= 11 is 12.3. The number of nitrogens with one attached hydrogen (secondary N) is 1. The molecule has 5 nitrogen and oxygen atoms in total. The summed E-state index contributed by atoms with van der Waals surface area (Å²) in [6, 6.07) is 5.30. The smallest absolute Gasteiger partial charge is 0.328 e. The molecule has 0 unspecified atom stereocenters. The summed E-state index contributed by atoms with van der Waals surface area (Å²) in [5.74, 6) is -1.05. The maximum Gasteiger partial charge on any atom is 0.328 e. The Morgan fingerprint density at radius 1 is 1.32 bits per heavy atom. The molecule has 1 aromatic carbocycles. The number of aromatic nitrogens is 3. The second-order valence-electron chi connectivity index (χ2n) is 4.51. The summed E-state index contributed by atoms with van der Waals surface area (Å²) in [6.07, 6.45) is 5.83. The highest BCUT2D eigenvalue weighted by Crippen LogP contribution is 2.35.